The first-order valence-corrected chi connectivity index (χ1v) is 18.5. The quantitative estimate of drug-likeness (QED) is 0.0865. The molecule has 3 aliphatic heterocycles. The summed E-state index contributed by atoms with van der Waals surface area (Å²) < 4.78 is 14.0. The van der Waals surface area contributed by atoms with Crippen LogP contribution in [0.3, 0.4) is 0 Å². The number of phenolic OH excluding ortho intramolecular Hbond substituents is 1. The lowest BCUT2D eigenvalue weighted by Gasteiger charge is -2.52. The minimum atomic E-state index is -0.923. The van der Waals surface area contributed by atoms with E-state index >= 15 is 0 Å². The first-order valence-electron chi connectivity index (χ1n) is 18.5. The van der Waals surface area contributed by atoms with Gasteiger partial charge in [0.2, 0.25) is 5.56 Å². The Bertz CT molecular complexity index is 1770. The van der Waals surface area contributed by atoms with Crippen LogP contribution in [0.15, 0.2) is 83.7 Å². The van der Waals surface area contributed by atoms with Crippen molar-refractivity contribution in [2.75, 3.05) is 52.5 Å². The topological polar surface area (TPSA) is 124 Å². The van der Waals surface area contributed by atoms with E-state index in [-0.39, 0.29) is 23.3 Å². The van der Waals surface area contributed by atoms with Gasteiger partial charge in [-0.3, -0.25) is 4.79 Å². The van der Waals surface area contributed by atoms with E-state index in [2.05, 4.69) is 34.6 Å². The lowest BCUT2D eigenvalue weighted by Crippen LogP contribution is -2.65. The molecule has 0 unspecified atom stereocenters. The second-order valence-electron chi connectivity index (χ2n) is 14.9. The van der Waals surface area contributed by atoms with Crippen molar-refractivity contribution in [2.24, 2.45) is 11.8 Å². The molecule has 1 aromatic heterocycles. The zero-order valence-corrected chi connectivity index (χ0v) is 28.9. The van der Waals surface area contributed by atoms with Gasteiger partial charge in [0, 0.05) is 36.8 Å². The summed E-state index contributed by atoms with van der Waals surface area (Å²) in [6, 6.07) is 24.7. The van der Waals surface area contributed by atoms with Crippen LogP contribution >= 0.6 is 0 Å². The van der Waals surface area contributed by atoms with E-state index in [4.69, 9.17) is 9.47 Å². The standard InChI is InChI=1S/C41H51N3O6/c45-36-16-14-34(35-15-17-39(47)43-40(35)36)37(46)26-42-21-18-29-10-12-33(13-11-29)49-25-24-44-22-19-30(20-23-44)38(27-44)50-28-41(48,32-8-4-5-9-32)31-6-2-1-3-7-31/h1-3,6-7,10-17,30,32,37-38,42,46,48H,4-5,8-9,18-28H2,(H-,43,45,47)/p+1/t30?,37-,38-,41+,44?/m0/s1. The van der Waals surface area contributed by atoms with E-state index in [1.165, 1.54) is 56.5 Å². The molecule has 9 heteroatoms. The number of phenols is 1. The molecule has 3 aromatic carbocycles. The highest BCUT2D eigenvalue weighted by molar-refractivity contribution is 5.87. The third-order valence-corrected chi connectivity index (χ3v) is 11.8. The van der Waals surface area contributed by atoms with Gasteiger partial charge >= 0.3 is 0 Å². The number of hydrogen-bond donors (Lipinski definition) is 5. The lowest BCUT2D eigenvalue weighted by atomic mass is 9.80. The molecule has 4 aromatic rings. The smallest absolute Gasteiger partial charge is 0.248 e. The van der Waals surface area contributed by atoms with Gasteiger partial charge in [0.05, 0.1) is 31.3 Å². The molecule has 4 heterocycles. The average Bonchev–Trinajstić information content (AvgIpc) is 3.70. The highest BCUT2D eigenvalue weighted by atomic mass is 16.5. The first kappa shape index (κ1) is 34.7. The zero-order chi connectivity index (χ0) is 34.6. The van der Waals surface area contributed by atoms with Crippen LogP contribution in [0.1, 0.15) is 61.3 Å². The molecule has 4 aliphatic rings. The van der Waals surface area contributed by atoms with Crippen LogP contribution in [0.25, 0.3) is 10.9 Å². The van der Waals surface area contributed by atoms with Crippen molar-refractivity contribution in [2.45, 2.75) is 62.8 Å². The number of hydrogen-bond acceptors (Lipinski definition) is 7. The van der Waals surface area contributed by atoms with Gasteiger partial charge in [0.25, 0.3) is 0 Å². The van der Waals surface area contributed by atoms with E-state index in [0.717, 1.165) is 48.1 Å². The van der Waals surface area contributed by atoms with Crippen molar-refractivity contribution in [3.63, 3.8) is 0 Å². The number of quaternary nitrogens is 1. The third-order valence-electron chi connectivity index (χ3n) is 11.8. The predicted molar refractivity (Wildman–Crippen MR) is 194 cm³/mol. The highest BCUT2D eigenvalue weighted by Crippen LogP contribution is 2.42. The Kier molecular flexibility index (Phi) is 10.6. The Hall–Kier alpha value is -3.73. The van der Waals surface area contributed by atoms with Gasteiger partial charge in [0.1, 0.15) is 42.9 Å². The molecule has 3 saturated heterocycles. The summed E-state index contributed by atoms with van der Waals surface area (Å²) >= 11 is 0. The molecule has 1 aliphatic carbocycles. The number of aliphatic hydroxyl groups is 2. The van der Waals surface area contributed by atoms with Gasteiger partial charge in [0.15, 0.2) is 0 Å². The van der Waals surface area contributed by atoms with Gasteiger partial charge in [-0.2, -0.15) is 0 Å². The number of aliphatic hydroxyl groups excluding tert-OH is 1. The minimum absolute atomic E-state index is 0.0177. The van der Waals surface area contributed by atoms with Crippen LogP contribution in [0.4, 0.5) is 0 Å². The summed E-state index contributed by atoms with van der Waals surface area (Å²) in [6.07, 6.45) is 7.03. The summed E-state index contributed by atoms with van der Waals surface area (Å²) in [6.45, 7) is 6.36. The number of rotatable bonds is 15. The number of H-pyrrole nitrogens is 1. The largest absolute Gasteiger partial charge is 0.506 e. The van der Waals surface area contributed by atoms with Gasteiger partial charge in [-0.15, -0.1) is 0 Å². The van der Waals surface area contributed by atoms with Gasteiger partial charge in [-0.25, -0.2) is 0 Å². The number of aromatic hydroxyl groups is 1. The Balaban J connectivity index is 0.862. The minimum Gasteiger partial charge on any atom is -0.506 e. The van der Waals surface area contributed by atoms with Crippen molar-refractivity contribution in [3.05, 3.63) is 106 Å². The second-order valence-corrected chi connectivity index (χ2v) is 14.9. The number of benzene rings is 3. The van der Waals surface area contributed by atoms with Crippen LogP contribution < -0.4 is 15.6 Å². The Morgan fingerprint density at radius 1 is 0.940 bits per heavy atom. The summed E-state index contributed by atoms with van der Waals surface area (Å²) in [4.78, 5) is 14.3. The van der Waals surface area contributed by atoms with Crippen LogP contribution in [-0.4, -0.2) is 83.4 Å². The number of fused-ring (bicyclic) bond motifs is 4. The molecule has 0 radical (unpaired) electrons. The average molecular weight is 683 g/mol. The Morgan fingerprint density at radius 2 is 1.70 bits per heavy atom. The molecular weight excluding hydrogens is 630 g/mol. The number of nitrogens with zero attached hydrogens (tertiary/aromatic N) is 1. The number of nitrogens with one attached hydrogen (secondary N) is 2. The molecular formula is C41H52N3O6+. The highest BCUT2D eigenvalue weighted by Gasteiger charge is 2.48. The van der Waals surface area contributed by atoms with Gasteiger partial charge in [-0.1, -0.05) is 61.4 Å². The molecule has 5 N–H and O–H groups in total. The van der Waals surface area contributed by atoms with Crippen molar-refractivity contribution in [1.82, 2.24) is 10.3 Å². The molecule has 3 atom stereocenters. The number of piperidine rings is 3. The molecule has 50 heavy (non-hydrogen) atoms. The molecule has 4 fully saturated rings. The number of aromatic nitrogens is 1. The van der Waals surface area contributed by atoms with E-state index in [1.54, 1.807) is 12.1 Å². The molecule has 9 nitrogen and oxygen atoms in total. The molecule has 0 amide bonds. The third kappa shape index (κ3) is 7.62. The van der Waals surface area contributed by atoms with E-state index in [1.807, 2.05) is 30.3 Å². The van der Waals surface area contributed by atoms with Crippen LogP contribution in [0.5, 0.6) is 11.5 Å². The summed E-state index contributed by atoms with van der Waals surface area (Å²) in [5.41, 5.74) is 1.94. The predicted octanol–water partition coefficient (Wildman–Crippen LogP) is 5.18. The van der Waals surface area contributed by atoms with E-state index < -0.39 is 11.7 Å². The van der Waals surface area contributed by atoms with Crippen LogP contribution in [0.2, 0.25) is 0 Å². The molecule has 266 valence electrons. The van der Waals surface area contributed by atoms with Crippen molar-refractivity contribution in [1.29, 1.82) is 0 Å². The number of pyridine rings is 1. The summed E-state index contributed by atoms with van der Waals surface area (Å²) in [5.74, 6) is 1.68. The fourth-order valence-corrected chi connectivity index (χ4v) is 8.77. The van der Waals surface area contributed by atoms with E-state index in [0.29, 0.717) is 48.7 Å². The van der Waals surface area contributed by atoms with Gasteiger partial charge in [-0.05, 0) is 72.7 Å². The van der Waals surface area contributed by atoms with Crippen LogP contribution in [0, 0.1) is 11.8 Å². The number of ether oxygens (including phenoxy) is 2. The monoisotopic (exact) mass is 682 g/mol. The fourth-order valence-electron chi connectivity index (χ4n) is 8.77. The fraction of sp³-hybridized carbons (Fsp3) is 0.488. The molecule has 1 saturated carbocycles. The zero-order valence-electron chi connectivity index (χ0n) is 28.9. The molecule has 0 spiro atoms. The van der Waals surface area contributed by atoms with E-state index in [9.17, 15) is 20.1 Å². The maximum atomic E-state index is 12.0. The number of aromatic amines is 1. The SMILES string of the molecule is O=c1ccc2c([C@@H](O)CNCCc3ccc(OCC[N+]45CCC(CC4)[C@@H](OC[C@@](O)(c4ccccc4)C4CCCC4)C5)cc3)ccc(O)c2[nH]1. The van der Waals surface area contributed by atoms with Crippen molar-refractivity contribution >= 4 is 10.9 Å². The van der Waals surface area contributed by atoms with Crippen molar-refractivity contribution in [3.8, 4) is 11.5 Å². The van der Waals surface area contributed by atoms with Crippen molar-refractivity contribution < 1.29 is 29.3 Å². The molecule has 2 bridgehead atoms. The van der Waals surface area contributed by atoms with Gasteiger partial charge < -0.3 is 39.6 Å². The first-order chi connectivity index (χ1) is 24.3. The maximum absolute atomic E-state index is 12.0. The summed E-state index contributed by atoms with van der Waals surface area (Å²) in [7, 11) is 0. The second kappa shape index (κ2) is 15.3. The maximum Gasteiger partial charge on any atom is 0.248 e. The Morgan fingerprint density at radius 3 is 2.46 bits per heavy atom. The summed E-state index contributed by atoms with van der Waals surface area (Å²) in [5, 5.41) is 36.9. The Labute approximate surface area is 294 Å². The normalized spacial score (nSPS) is 24.0. The van der Waals surface area contributed by atoms with Crippen LogP contribution in [-0.2, 0) is 16.8 Å². The lowest BCUT2D eigenvalue weighted by molar-refractivity contribution is -0.946. The molecule has 8 rings (SSSR count).